The Morgan fingerprint density at radius 3 is 3.00 bits per heavy atom. The molecular formula is C7H4BrClN4OS. The van der Waals surface area contributed by atoms with Gasteiger partial charge in [-0.15, -0.1) is 10.2 Å². The maximum absolute atomic E-state index is 11.6. The molecule has 0 aromatic carbocycles. The lowest BCUT2D eigenvalue weighted by molar-refractivity contribution is 0.718. The molecule has 0 amide bonds. The maximum Gasteiger partial charge on any atom is 0.267 e. The summed E-state index contributed by atoms with van der Waals surface area (Å²) in [6.45, 7) is 0.329. The molecule has 0 bridgehead atoms. The normalized spacial score (nSPS) is 10.5. The van der Waals surface area contributed by atoms with Crippen LogP contribution in [0.4, 0.5) is 0 Å². The zero-order chi connectivity index (χ0) is 10.8. The van der Waals surface area contributed by atoms with Gasteiger partial charge in [0.1, 0.15) is 9.48 Å². The average Bonchev–Trinajstić information content (AvgIpc) is 2.59. The molecule has 0 N–H and O–H groups in total. The molecule has 78 valence electrons. The molecule has 0 saturated heterocycles. The van der Waals surface area contributed by atoms with Gasteiger partial charge >= 0.3 is 0 Å². The summed E-state index contributed by atoms with van der Waals surface area (Å²) in [6.07, 6.45) is 2.90. The minimum Gasteiger partial charge on any atom is -0.291 e. The van der Waals surface area contributed by atoms with Gasteiger partial charge in [0.15, 0.2) is 0 Å². The van der Waals surface area contributed by atoms with E-state index in [-0.39, 0.29) is 5.56 Å². The van der Waals surface area contributed by atoms with Crippen molar-refractivity contribution in [3.63, 3.8) is 0 Å². The second-order valence-electron chi connectivity index (χ2n) is 2.62. The Balaban J connectivity index is 2.32. The SMILES string of the molecule is O=c1c(Br)cncn1Cc1nnc(Cl)s1. The summed E-state index contributed by atoms with van der Waals surface area (Å²) < 4.78 is 2.21. The van der Waals surface area contributed by atoms with Crippen LogP contribution in [0.3, 0.4) is 0 Å². The number of hydrogen-bond donors (Lipinski definition) is 0. The first-order valence-corrected chi connectivity index (χ1v) is 5.83. The number of rotatable bonds is 2. The lowest BCUT2D eigenvalue weighted by atomic mass is 10.6. The zero-order valence-electron chi connectivity index (χ0n) is 7.22. The summed E-state index contributed by atoms with van der Waals surface area (Å²) in [5.41, 5.74) is -0.156. The highest BCUT2D eigenvalue weighted by Crippen LogP contribution is 2.15. The van der Waals surface area contributed by atoms with E-state index in [1.165, 1.54) is 28.4 Å². The van der Waals surface area contributed by atoms with Crippen LogP contribution in [-0.4, -0.2) is 19.7 Å². The van der Waals surface area contributed by atoms with Crippen molar-refractivity contribution in [3.8, 4) is 0 Å². The summed E-state index contributed by atoms with van der Waals surface area (Å²) in [6, 6.07) is 0. The van der Waals surface area contributed by atoms with E-state index in [9.17, 15) is 4.79 Å². The Morgan fingerprint density at radius 2 is 2.33 bits per heavy atom. The van der Waals surface area contributed by atoms with Gasteiger partial charge < -0.3 is 0 Å². The van der Waals surface area contributed by atoms with E-state index in [1.54, 1.807) is 0 Å². The van der Waals surface area contributed by atoms with Crippen molar-refractivity contribution in [1.82, 2.24) is 19.7 Å². The van der Waals surface area contributed by atoms with Crippen molar-refractivity contribution in [1.29, 1.82) is 0 Å². The van der Waals surface area contributed by atoms with Crippen molar-refractivity contribution in [2.45, 2.75) is 6.54 Å². The van der Waals surface area contributed by atoms with E-state index in [1.807, 2.05) is 0 Å². The molecule has 0 saturated carbocycles. The van der Waals surface area contributed by atoms with Crippen LogP contribution >= 0.6 is 38.9 Å². The predicted molar refractivity (Wildman–Crippen MR) is 60.2 cm³/mol. The summed E-state index contributed by atoms with van der Waals surface area (Å²) in [5, 5.41) is 8.14. The van der Waals surface area contributed by atoms with E-state index >= 15 is 0 Å². The van der Waals surface area contributed by atoms with Crippen molar-refractivity contribution in [2.24, 2.45) is 0 Å². The lowest BCUT2D eigenvalue weighted by Crippen LogP contribution is -2.21. The highest BCUT2D eigenvalue weighted by Gasteiger charge is 2.05. The van der Waals surface area contributed by atoms with Crippen LogP contribution in [0, 0.1) is 0 Å². The first-order chi connectivity index (χ1) is 7.16. The van der Waals surface area contributed by atoms with Gasteiger partial charge in [-0.25, -0.2) is 4.98 Å². The van der Waals surface area contributed by atoms with Gasteiger partial charge in [-0.05, 0) is 27.5 Å². The third-order valence-electron chi connectivity index (χ3n) is 1.61. The summed E-state index contributed by atoms with van der Waals surface area (Å²) in [7, 11) is 0. The second-order valence-corrected chi connectivity index (χ2v) is 5.12. The minimum absolute atomic E-state index is 0.156. The van der Waals surface area contributed by atoms with Crippen LogP contribution in [0.25, 0.3) is 0 Å². The Kier molecular flexibility index (Phi) is 3.13. The van der Waals surface area contributed by atoms with E-state index in [4.69, 9.17) is 11.6 Å². The van der Waals surface area contributed by atoms with E-state index in [0.717, 1.165) is 0 Å². The summed E-state index contributed by atoms with van der Waals surface area (Å²) in [4.78, 5) is 15.5. The molecule has 2 aromatic rings. The van der Waals surface area contributed by atoms with Crippen molar-refractivity contribution in [2.75, 3.05) is 0 Å². The fourth-order valence-corrected chi connectivity index (χ4v) is 2.19. The van der Waals surface area contributed by atoms with Gasteiger partial charge in [0.05, 0.1) is 12.9 Å². The highest BCUT2D eigenvalue weighted by atomic mass is 79.9. The van der Waals surface area contributed by atoms with Gasteiger partial charge in [-0.2, -0.15) is 0 Å². The van der Waals surface area contributed by atoms with Crippen molar-refractivity contribution >= 4 is 38.9 Å². The predicted octanol–water partition coefficient (Wildman–Crippen LogP) is 1.56. The third kappa shape index (κ3) is 2.42. The third-order valence-corrected chi connectivity index (χ3v) is 3.15. The molecule has 15 heavy (non-hydrogen) atoms. The van der Waals surface area contributed by atoms with E-state index in [0.29, 0.717) is 20.5 Å². The first-order valence-electron chi connectivity index (χ1n) is 3.84. The number of hydrogen-bond acceptors (Lipinski definition) is 5. The molecule has 2 rings (SSSR count). The summed E-state index contributed by atoms with van der Waals surface area (Å²) in [5.74, 6) is 0. The highest BCUT2D eigenvalue weighted by molar-refractivity contribution is 9.10. The molecule has 5 nitrogen and oxygen atoms in total. The van der Waals surface area contributed by atoms with Crippen LogP contribution in [0.1, 0.15) is 5.01 Å². The van der Waals surface area contributed by atoms with Crippen molar-refractivity contribution < 1.29 is 0 Å². The lowest BCUT2D eigenvalue weighted by Gasteiger charge is -2.00. The Labute approximate surface area is 102 Å². The topological polar surface area (TPSA) is 60.7 Å². The quantitative estimate of drug-likeness (QED) is 0.845. The molecule has 0 spiro atoms. The van der Waals surface area contributed by atoms with E-state index < -0.39 is 0 Å². The Hall–Kier alpha value is -0.790. The number of nitrogens with zero attached hydrogens (tertiary/aromatic N) is 4. The van der Waals surface area contributed by atoms with E-state index in [2.05, 4.69) is 31.1 Å². The average molecular weight is 308 g/mol. The van der Waals surface area contributed by atoms with Crippen LogP contribution in [-0.2, 0) is 6.54 Å². The second kappa shape index (κ2) is 4.38. The largest absolute Gasteiger partial charge is 0.291 e. The molecule has 8 heteroatoms. The fourth-order valence-electron chi connectivity index (χ4n) is 0.979. The number of halogens is 2. The van der Waals surface area contributed by atoms with Gasteiger partial charge in [0.2, 0.25) is 4.47 Å². The van der Waals surface area contributed by atoms with Crippen LogP contribution in [0.2, 0.25) is 4.47 Å². The summed E-state index contributed by atoms with van der Waals surface area (Å²) >= 11 is 9.98. The van der Waals surface area contributed by atoms with Gasteiger partial charge in [0.25, 0.3) is 5.56 Å². The van der Waals surface area contributed by atoms with Crippen LogP contribution < -0.4 is 5.56 Å². The molecule has 2 heterocycles. The van der Waals surface area contributed by atoms with Crippen molar-refractivity contribution in [3.05, 3.63) is 36.8 Å². The molecule has 0 aliphatic rings. The monoisotopic (exact) mass is 306 g/mol. The molecular weight excluding hydrogens is 304 g/mol. The standard InChI is InChI=1S/C7H4BrClN4OS/c8-4-1-10-3-13(6(4)14)2-5-11-12-7(9)15-5/h1,3H,2H2. The molecule has 0 fully saturated rings. The fraction of sp³-hybridized carbons (Fsp3) is 0.143. The van der Waals surface area contributed by atoms with Gasteiger partial charge in [-0.3, -0.25) is 9.36 Å². The maximum atomic E-state index is 11.6. The Bertz CT molecular complexity index is 540. The van der Waals surface area contributed by atoms with Gasteiger partial charge in [-0.1, -0.05) is 11.3 Å². The molecule has 2 aromatic heterocycles. The van der Waals surface area contributed by atoms with Gasteiger partial charge in [0, 0.05) is 6.20 Å². The molecule has 0 unspecified atom stereocenters. The molecule has 0 atom stereocenters. The molecule has 0 aliphatic carbocycles. The number of aromatic nitrogens is 4. The molecule has 0 aliphatic heterocycles. The zero-order valence-corrected chi connectivity index (χ0v) is 10.4. The first kappa shape index (κ1) is 10.7. The smallest absolute Gasteiger partial charge is 0.267 e. The molecule has 0 radical (unpaired) electrons. The minimum atomic E-state index is -0.156. The van der Waals surface area contributed by atoms with Crippen LogP contribution in [0.15, 0.2) is 21.8 Å². The van der Waals surface area contributed by atoms with Crippen LogP contribution in [0.5, 0.6) is 0 Å². The Morgan fingerprint density at radius 1 is 1.53 bits per heavy atom.